The predicted molar refractivity (Wildman–Crippen MR) is 80.2 cm³/mol. The molecule has 0 aliphatic rings. The molecule has 1 N–H and O–H groups in total. The summed E-state index contributed by atoms with van der Waals surface area (Å²) < 4.78 is 0. The molecule has 0 aliphatic carbocycles. The number of anilines is 1. The number of halogens is 2. The number of aryl methyl sites for hydroxylation is 1. The van der Waals surface area contributed by atoms with Crippen molar-refractivity contribution in [3.63, 3.8) is 0 Å². The number of alkyl halides is 1. The molecule has 0 atom stereocenters. The van der Waals surface area contributed by atoms with E-state index in [0.29, 0.717) is 16.6 Å². The van der Waals surface area contributed by atoms with Crippen molar-refractivity contribution in [3.8, 4) is 0 Å². The maximum absolute atomic E-state index is 11.9. The Morgan fingerprint density at radius 1 is 1.47 bits per heavy atom. The van der Waals surface area contributed by atoms with Gasteiger partial charge < -0.3 is 5.32 Å². The Kier molecular flexibility index (Phi) is 4.80. The van der Waals surface area contributed by atoms with Crippen molar-refractivity contribution in [2.24, 2.45) is 0 Å². The third-order valence-corrected chi connectivity index (χ3v) is 3.93. The summed E-state index contributed by atoms with van der Waals surface area (Å²) in [7, 11) is 0. The molecule has 0 unspecified atom stereocenters. The summed E-state index contributed by atoms with van der Waals surface area (Å²) in [6, 6.07) is 5.50. The lowest BCUT2D eigenvalue weighted by Crippen LogP contribution is -2.14. The number of aromatic nitrogens is 1. The molecule has 19 heavy (non-hydrogen) atoms. The van der Waals surface area contributed by atoms with Gasteiger partial charge in [0, 0.05) is 5.38 Å². The van der Waals surface area contributed by atoms with Gasteiger partial charge in [0.05, 0.1) is 28.7 Å². The van der Waals surface area contributed by atoms with Crippen LogP contribution in [0.1, 0.15) is 16.3 Å². The van der Waals surface area contributed by atoms with E-state index in [1.165, 1.54) is 11.3 Å². The smallest absolute Gasteiger partial charge is 0.231 e. The van der Waals surface area contributed by atoms with Gasteiger partial charge in [0.15, 0.2) is 0 Å². The fourth-order valence-electron chi connectivity index (χ4n) is 1.54. The van der Waals surface area contributed by atoms with E-state index in [-0.39, 0.29) is 12.3 Å². The topological polar surface area (TPSA) is 42.0 Å². The van der Waals surface area contributed by atoms with Crippen molar-refractivity contribution in [2.75, 3.05) is 5.32 Å². The molecule has 6 heteroatoms. The van der Waals surface area contributed by atoms with E-state index < -0.39 is 0 Å². The molecule has 100 valence electrons. The second kappa shape index (κ2) is 6.37. The summed E-state index contributed by atoms with van der Waals surface area (Å²) >= 11 is 13.2. The summed E-state index contributed by atoms with van der Waals surface area (Å²) in [5, 5.41) is 5.91. The van der Waals surface area contributed by atoms with Crippen LogP contribution in [0.25, 0.3) is 0 Å². The van der Waals surface area contributed by atoms with Crippen LogP contribution in [0.2, 0.25) is 5.02 Å². The number of hydrogen-bond acceptors (Lipinski definition) is 3. The second-order valence-corrected chi connectivity index (χ2v) is 5.69. The quantitative estimate of drug-likeness (QED) is 0.866. The number of amides is 1. The fourth-order valence-corrected chi connectivity index (χ4v) is 2.85. The Labute approximate surface area is 125 Å². The van der Waals surface area contributed by atoms with Crippen LogP contribution in [-0.4, -0.2) is 10.9 Å². The van der Waals surface area contributed by atoms with E-state index >= 15 is 0 Å². The van der Waals surface area contributed by atoms with E-state index in [9.17, 15) is 4.79 Å². The van der Waals surface area contributed by atoms with Crippen LogP contribution in [0, 0.1) is 6.92 Å². The number of rotatable bonds is 4. The first-order valence-corrected chi connectivity index (χ1v) is 7.43. The third kappa shape index (κ3) is 3.93. The minimum Gasteiger partial charge on any atom is -0.324 e. The number of nitrogens with zero attached hydrogens (tertiary/aromatic N) is 1. The molecule has 0 saturated carbocycles. The maximum Gasteiger partial charge on any atom is 0.231 e. The molecule has 1 aromatic carbocycles. The first kappa shape index (κ1) is 14.3. The number of carbonyl (C=O) groups excluding carboxylic acids is 1. The molecule has 3 nitrogen and oxygen atoms in total. The molecule has 0 aliphatic heterocycles. The fraction of sp³-hybridized carbons (Fsp3) is 0.231. The van der Waals surface area contributed by atoms with E-state index in [1.807, 2.05) is 24.4 Å². The highest BCUT2D eigenvalue weighted by atomic mass is 35.5. The van der Waals surface area contributed by atoms with Crippen molar-refractivity contribution in [1.29, 1.82) is 0 Å². The molecule has 1 aromatic heterocycles. The molecule has 2 aromatic rings. The van der Waals surface area contributed by atoms with Crippen molar-refractivity contribution in [2.45, 2.75) is 19.2 Å². The van der Waals surface area contributed by atoms with Gasteiger partial charge in [-0.2, -0.15) is 0 Å². The van der Waals surface area contributed by atoms with Gasteiger partial charge in [0.25, 0.3) is 0 Å². The minimum atomic E-state index is -0.138. The highest BCUT2D eigenvalue weighted by Crippen LogP contribution is 2.23. The van der Waals surface area contributed by atoms with E-state index in [1.54, 1.807) is 6.07 Å². The van der Waals surface area contributed by atoms with Crippen molar-refractivity contribution < 1.29 is 4.79 Å². The van der Waals surface area contributed by atoms with Gasteiger partial charge in [-0.3, -0.25) is 4.79 Å². The number of thiazole rings is 1. The van der Waals surface area contributed by atoms with Crippen molar-refractivity contribution >= 4 is 46.1 Å². The highest BCUT2D eigenvalue weighted by Gasteiger charge is 2.09. The summed E-state index contributed by atoms with van der Waals surface area (Å²) in [5.41, 5.74) is 2.46. The monoisotopic (exact) mass is 314 g/mol. The molecule has 1 heterocycles. The highest BCUT2D eigenvalue weighted by molar-refractivity contribution is 7.09. The van der Waals surface area contributed by atoms with Crippen LogP contribution >= 0.6 is 34.5 Å². The molecule has 0 spiro atoms. The Morgan fingerprint density at radius 2 is 2.26 bits per heavy atom. The molecular formula is C13H12Cl2N2OS. The average Bonchev–Trinajstić information content (AvgIpc) is 2.80. The van der Waals surface area contributed by atoms with E-state index in [4.69, 9.17) is 23.2 Å². The van der Waals surface area contributed by atoms with Gasteiger partial charge in [0.1, 0.15) is 5.01 Å². The number of hydrogen-bond donors (Lipinski definition) is 1. The van der Waals surface area contributed by atoms with Crippen LogP contribution in [-0.2, 0) is 17.1 Å². The number of carbonyl (C=O) groups is 1. The standard InChI is InChI=1S/C13H12Cl2N2OS/c1-8-2-3-11(10(15)4-8)17-12(18)5-13-16-9(6-14)7-19-13/h2-4,7H,5-6H2,1H3,(H,17,18). The van der Waals surface area contributed by atoms with Crippen LogP contribution in [0.5, 0.6) is 0 Å². The van der Waals surface area contributed by atoms with Crippen LogP contribution in [0.15, 0.2) is 23.6 Å². The van der Waals surface area contributed by atoms with Crippen LogP contribution in [0.3, 0.4) is 0 Å². The molecule has 1 amide bonds. The molecular weight excluding hydrogens is 303 g/mol. The van der Waals surface area contributed by atoms with Crippen LogP contribution < -0.4 is 5.32 Å². The van der Waals surface area contributed by atoms with Gasteiger partial charge in [-0.05, 0) is 24.6 Å². The lowest BCUT2D eigenvalue weighted by atomic mass is 10.2. The minimum absolute atomic E-state index is 0.138. The predicted octanol–water partition coefficient (Wildman–Crippen LogP) is 4.02. The van der Waals surface area contributed by atoms with Gasteiger partial charge in [-0.25, -0.2) is 4.98 Å². The van der Waals surface area contributed by atoms with Gasteiger partial charge in [-0.15, -0.1) is 22.9 Å². The Bertz CT molecular complexity index is 598. The van der Waals surface area contributed by atoms with Crippen LogP contribution in [0.4, 0.5) is 5.69 Å². The largest absolute Gasteiger partial charge is 0.324 e. The molecule has 0 radical (unpaired) electrons. The second-order valence-electron chi connectivity index (χ2n) is 4.07. The summed E-state index contributed by atoms with van der Waals surface area (Å²) in [6.07, 6.45) is 0.228. The third-order valence-electron chi connectivity index (χ3n) is 2.45. The zero-order valence-electron chi connectivity index (χ0n) is 10.2. The van der Waals surface area contributed by atoms with Crippen molar-refractivity contribution in [1.82, 2.24) is 4.98 Å². The number of nitrogens with one attached hydrogen (secondary N) is 1. The Balaban J connectivity index is 2.01. The molecule has 0 bridgehead atoms. The molecule has 0 fully saturated rings. The summed E-state index contributed by atoms with van der Waals surface area (Å²) in [4.78, 5) is 16.1. The lowest BCUT2D eigenvalue weighted by Gasteiger charge is -2.06. The zero-order chi connectivity index (χ0) is 13.8. The van der Waals surface area contributed by atoms with Gasteiger partial charge in [0.2, 0.25) is 5.91 Å². The van der Waals surface area contributed by atoms with Gasteiger partial charge in [-0.1, -0.05) is 17.7 Å². The maximum atomic E-state index is 11.9. The first-order chi connectivity index (χ1) is 9.08. The SMILES string of the molecule is Cc1ccc(NC(=O)Cc2nc(CCl)cs2)c(Cl)c1. The normalized spacial score (nSPS) is 10.5. The Hall–Kier alpha value is -1.10. The first-order valence-electron chi connectivity index (χ1n) is 5.63. The summed E-state index contributed by atoms with van der Waals surface area (Å²) in [5.74, 6) is 0.225. The van der Waals surface area contributed by atoms with Crippen molar-refractivity contribution in [3.05, 3.63) is 44.9 Å². The van der Waals surface area contributed by atoms with Gasteiger partial charge >= 0.3 is 0 Å². The Morgan fingerprint density at radius 3 is 2.89 bits per heavy atom. The average molecular weight is 315 g/mol. The van der Waals surface area contributed by atoms with E-state index in [0.717, 1.165) is 16.3 Å². The molecule has 2 rings (SSSR count). The van der Waals surface area contributed by atoms with E-state index in [2.05, 4.69) is 10.3 Å². The lowest BCUT2D eigenvalue weighted by molar-refractivity contribution is -0.115. The summed E-state index contributed by atoms with van der Waals surface area (Å²) in [6.45, 7) is 1.95. The molecule has 0 saturated heterocycles. The zero-order valence-corrected chi connectivity index (χ0v) is 12.6. The number of benzene rings is 1.